The molecule has 0 radical (unpaired) electrons. The summed E-state index contributed by atoms with van der Waals surface area (Å²) < 4.78 is 5.12. The second-order valence-electron chi connectivity index (χ2n) is 3.38. The third-order valence-corrected chi connectivity index (χ3v) is 1.89. The van der Waals surface area contributed by atoms with Crippen LogP contribution in [0.2, 0.25) is 0 Å². The van der Waals surface area contributed by atoms with Crippen molar-refractivity contribution in [2.45, 2.75) is 6.54 Å². The van der Waals surface area contributed by atoms with Gasteiger partial charge in [0.05, 0.1) is 12.7 Å². The Bertz CT molecular complexity index is 353. The van der Waals surface area contributed by atoms with Crippen molar-refractivity contribution in [1.82, 2.24) is 4.90 Å². The molecule has 0 heterocycles. The highest BCUT2D eigenvalue weighted by atomic mass is 16.5. The third kappa shape index (κ3) is 2.48. The van der Waals surface area contributed by atoms with Crippen molar-refractivity contribution in [3.63, 3.8) is 0 Å². The van der Waals surface area contributed by atoms with Crippen LogP contribution in [0, 0.1) is 11.3 Å². The van der Waals surface area contributed by atoms with Crippen molar-refractivity contribution < 1.29 is 4.74 Å². The lowest BCUT2D eigenvalue weighted by molar-refractivity contribution is 0.395. The summed E-state index contributed by atoms with van der Waals surface area (Å²) in [6, 6.07) is 7.72. The Morgan fingerprint density at radius 1 is 1.43 bits per heavy atom. The smallest absolute Gasteiger partial charge is 0.136 e. The molecule has 74 valence electrons. The van der Waals surface area contributed by atoms with E-state index in [-0.39, 0.29) is 0 Å². The maximum Gasteiger partial charge on any atom is 0.136 e. The van der Waals surface area contributed by atoms with Gasteiger partial charge in [-0.2, -0.15) is 5.26 Å². The Kier molecular flexibility index (Phi) is 3.49. The summed E-state index contributed by atoms with van der Waals surface area (Å²) in [5.41, 5.74) is 1.72. The number of hydrogen-bond donors (Lipinski definition) is 0. The summed E-state index contributed by atoms with van der Waals surface area (Å²) in [5, 5.41) is 8.78. The molecule has 3 nitrogen and oxygen atoms in total. The van der Waals surface area contributed by atoms with Crippen molar-refractivity contribution in [2.75, 3.05) is 21.2 Å². The van der Waals surface area contributed by atoms with Gasteiger partial charge in [0.2, 0.25) is 0 Å². The van der Waals surface area contributed by atoms with E-state index in [2.05, 4.69) is 11.0 Å². The molecule has 0 aliphatic heterocycles. The zero-order chi connectivity index (χ0) is 10.6. The van der Waals surface area contributed by atoms with Crippen LogP contribution in [0.15, 0.2) is 18.2 Å². The molecule has 14 heavy (non-hydrogen) atoms. The number of nitrogens with zero attached hydrogens (tertiary/aromatic N) is 2. The maximum atomic E-state index is 8.78. The lowest BCUT2D eigenvalue weighted by Gasteiger charge is -2.11. The van der Waals surface area contributed by atoms with Gasteiger partial charge in [0, 0.05) is 6.54 Å². The molecule has 1 aromatic rings. The van der Waals surface area contributed by atoms with Crippen molar-refractivity contribution in [3.8, 4) is 11.8 Å². The quantitative estimate of drug-likeness (QED) is 0.726. The van der Waals surface area contributed by atoms with Gasteiger partial charge in [0.1, 0.15) is 11.8 Å². The normalized spacial score (nSPS) is 9.93. The van der Waals surface area contributed by atoms with Gasteiger partial charge in [0.25, 0.3) is 0 Å². The second kappa shape index (κ2) is 4.64. The fourth-order valence-electron chi connectivity index (χ4n) is 1.29. The zero-order valence-corrected chi connectivity index (χ0v) is 8.74. The van der Waals surface area contributed by atoms with Crippen LogP contribution in [0.25, 0.3) is 0 Å². The molecule has 0 aliphatic carbocycles. The van der Waals surface area contributed by atoms with Crippen LogP contribution in [0.3, 0.4) is 0 Å². The SMILES string of the molecule is COc1cc(CN(C)C)ccc1C#N. The molecule has 0 saturated carbocycles. The van der Waals surface area contributed by atoms with Gasteiger partial charge in [-0.1, -0.05) is 6.07 Å². The molecule has 0 aromatic heterocycles. The number of benzene rings is 1. The van der Waals surface area contributed by atoms with Gasteiger partial charge in [-0.05, 0) is 31.8 Å². The minimum atomic E-state index is 0.579. The molecule has 1 rings (SSSR count). The largest absolute Gasteiger partial charge is 0.495 e. The van der Waals surface area contributed by atoms with E-state index < -0.39 is 0 Å². The summed E-state index contributed by atoms with van der Waals surface area (Å²) in [6.45, 7) is 0.849. The summed E-state index contributed by atoms with van der Waals surface area (Å²) >= 11 is 0. The molecule has 0 unspecified atom stereocenters. The van der Waals surface area contributed by atoms with E-state index >= 15 is 0 Å². The van der Waals surface area contributed by atoms with Crippen LogP contribution < -0.4 is 4.74 Å². The van der Waals surface area contributed by atoms with Gasteiger partial charge in [-0.25, -0.2) is 0 Å². The molecular weight excluding hydrogens is 176 g/mol. The topological polar surface area (TPSA) is 36.3 Å². The van der Waals surface area contributed by atoms with E-state index in [0.717, 1.165) is 12.1 Å². The first-order valence-corrected chi connectivity index (χ1v) is 4.39. The highest BCUT2D eigenvalue weighted by Gasteiger charge is 2.03. The van der Waals surface area contributed by atoms with Gasteiger partial charge < -0.3 is 9.64 Å². The van der Waals surface area contributed by atoms with Crippen molar-refractivity contribution >= 4 is 0 Å². The molecule has 0 N–H and O–H groups in total. The highest BCUT2D eigenvalue weighted by Crippen LogP contribution is 2.19. The Morgan fingerprint density at radius 2 is 2.14 bits per heavy atom. The van der Waals surface area contributed by atoms with Crippen LogP contribution >= 0.6 is 0 Å². The average molecular weight is 190 g/mol. The predicted octanol–water partition coefficient (Wildman–Crippen LogP) is 1.63. The molecule has 1 aromatic carbocycles. The number of hydrogen-bond acceptors (Lipinski definition) is 3. The second-order valence-corrected chi connectivity index (χ2v) is 3.38. The molecule has 0 amide bonds. The van der Waals surface area contributed by atoms with E-state index in [1.165, 1.54) is 0 Å². The van der Waals surface area contributed by atoms with E-state index in [4.69, 9.17) is 10.00 Å². The molecule has 0 spiro atoms. The van der Waals surface area contributed by atoms with Gasteiger partial charge in [-0.15, -0.1) is 0 Å². The zero-order valence-electron chi connectivity index (χ0n) is 8.74. The van der Waals surface area contributed by atoms with Crippen LogP contribution in [0.5, 0.6) is 5.75 Å². The van der Waals surface area contributed by atoms with E-state index in [0.29, 0.717) is 11.3 Å². The summed E-state index contributed by atoms with van der Waals surface area (Å²) in [7, 11) is 5.59. The summed E-state index contributed by atoms with van der Waals surface area (Å²) in [6.07, 6.45) is 0. The number of nitriles is 1. The molecule has 0 atom stereocenters. The van der Waals surface area contributed by atoms with E-state index in [9.17, 15) is 0 Å². The summed E-state index contributed by atoms with van der Waals surface area (Å²) in [4.78, 5) is 2.07. The highest BCUT2D eigenvalue weighted by molar-refractivity contribution is 5.45. The molecule has 3 heteroatoms. The fourth-order valence-corrected chi connectivity index (χ4v) is 1.29. The first-order valence-electron chi connectivity index (χ1n) is 4.39. The number of methoxy groups -OCH3 is 1. The minimum Gasteiger partial charge on any atom is -0.495 e. The standard InChI is InChI=1S/C11H14N2O/c1-13(2)8-9-4-5-10(7-12)11(6-9)14-3/h4-6H,8H2,1-3H3. The van der Waals surface area contributed by atoms with Gasteiger partial charge >= 0.3 is 0 Å². The first kappa shape index (κ1) is 10.6. The van der Waals surface area contributed by atoms with Crippen LogP contribution in [0.1, 0.15) is 11.1 Å². The predicted molar refractivity (Wildman–Crippen MR) is 55.1 cm³/mol. The van der Waals surface area contributed by atoms with Crippen molar-refractivity contribution in [1.29, 1.82) is 5.26 Å². The average Bonchev–Trinajstić information content (AvgIpc) is 2.16. The maximum absolute atomic E-state index is 8.78. The first-order chi connectivity index (χ1) is 6.67. The summed E-state index contributed by atoms with van der Waals surface area (Å²) in [5.74, 6) is 0.645. The molecular formula is C11H14N2O. The minimum absolute atomic E-state index is 0.579. The third-order valence-electron chi connectivity index (χ3n) is 1.89. The lowest BCUT2D eigenvalue weighted by Crippen LogP contribution is -2.10. The monoisotopic (exact) mass is 190 g/mol. The fraction of sp³-hybridized carbons (Fsp3) is 0.364. The number of rotatable bonds is 3. The Hall–Kier alpha value is -1.53. The molecule has 0 aliphatic rings. The molecule has 0 saturated heterocycles. The van der Waals surface area contributed by atoms with Crippen LogP contribution in [-0.2, 0) is 6.54 Å². The lowest BCUT2D eigenvalue weighted by atomic mass is 10.1. The number of ether oxygens (including phenoxy) is 1. The van der Waals surface area contributed by atoms with E-state index in [1.54, 1.807) is 13.2 Å². The molecule has 0 fully saturated rings. The van der Waals surface area contributed by atoms with E-state index in [1.807, 2.05) is 26.2 Å². The Labute approximate surface area is 84.5 Å². The van der Waals surface area contributed by atoms with Crippen molar-refractivity contribution in [3.05, 3.63) is 29.3 Å². The van der Waals surface area contributed by atoms with Crippen LogP contribution in [-0.4, -0.2) is 26.1 Å². The van der Waals surface area contributed by atoms with Gasteiger partial charge in [-0.3, -0.25) is 0 Å². The van der Waals surface area contributed by atoms with Crippen LogP contribution in [0.4, 0.5) is 0 Å². The Balaban J connectivity index is 2.97. The van der Waals surface area contributed by atoms with Crippen molar-refractivity contribution in [2.24, 2.45) is 0 Å². The Morgan fingerprint density at radius 3 is 2.64 bits per heavy atom. The molecule has 0 bridgehead atoms. The van der Waals surface area contributed by atoms with Gasteiger partial charge in [0.15, 0.2) is 0 Å².